The first kappa shape index (κ1) is 20.2. The van der Waals surface area contributed by atoms with Gasteiger partial charge in [0.1, 0.15) is 6.54 Å². The molecular formula is C19H18F3N3O2. The Labute approximate surface area is 154 Å². The fraction of sp³-hybridized carbons (Fsp3) is 0.211. The molecule has 0 aliphatic carbocycles. The summed E-state index contributed by atoms with van der Waals surface area (Å²) in [6, 6.07) is 8.16. The van der Waals surface area contributed by atoms with E-state index >= 15 is 0 Å². The molecule has 2 rings (SSSR count). The van der Waals surface area contributed by atoms with Gasteiger partial charge in [0.2, 0.25) is 11.8 Å². The van der Waals surface area contributed by atoms with Crippen LogP contribution in [-0.2, 0) is 15.8 Å². The maximum absolute atomic E-state index is 13.0. The lowest BCUT2D eigenvalue weighted by Crippen LogP contribution is -2.37. The van der Waals surface area contributed by atoms with Crippen LogP contribution in [-0.4, -0.2) is 34.8 Å². The van der Waals surface area contributed by atoms with Crippen molar-refractivity contribution in [3.63, 3.8) is 0 Å². The largest absolute Gasteiger partial charge is 0.418 e. The molecule has 2 aromatic rings. The highest BCUT2D eigenvalue weighted by atomic mass is 19.4. The van der Waals surface area contributed by atoms with Gasteiger partial charge in [0.25, 0.3) is 0 Å². The Morgan fingerprint density at radius 1 is 1.19 bits per heavy atom. The summed E-state index contributed by atoms with van der Waals surface area (Å²) in [7, 11) is 0. The number of carbonyl (C=O) groups excluding carboxylic acids is 2. The van der Waals surface area contributed by atoms with Crippen LogP contribution in [0, 0.1) is 0 Å². The molecule has 8 heteroatoms. The van der Waals surface area contributed by atoms with Gasteiger partial charge in [0.05, 0.1) is 11.3 Å². The lowest BCUT2D eigenvalue weighted by molar-refractivity contribution is -0.137. The third-order valence-corrected chi connectivity index (χ3v) is 3.64. The molecule has 2 amide bonds. The normalized spacial score (nSPS) is 11.4. The number of nitrogens with one attached hydrogen (secondary N) is 1. The van der Waals surface area contributed by atoms with Gasteiger partial charge < -0.3 is 10.2 Å². The Balaban J connectivity index is 2.03. The molecule has 0 saturated carbocycles. The highest BCUT2D eigenvalue weighted by Gasteiger charge is 2.33. The zero-order valence-electron chi connectivity index (χ0n) is 14.5. The SMILES string of the molecule is CCN(CC(=O)Nc1ccccc1C(F)(F)F)C(=O)/C=C/c1cccnc1. The molecule has 0 radical (unpaired) electrons. The number of likely N-dealkylation sites (N-methyl/N-ethyl adjacent to an activating group) is 1. The van der Waals surface area contributed by atoms with E-state index in [1.807, 2.05) is 0 Å². The average Bonchev–Trinajstić information content (AvgIpc) is 2.64. The number of hydrogen-bond donors (Lipinski definition) is 1. The topological polar surface area (TPSA) is 62.3 Å². The lowest BCUT2D eigenvalue weighted by Gasteiger charge is -2.19. The van der Waals surface area contributed by atoms with Crippen LogP contribution in [0.4, 0.5) is 18.9 Å². The van der Waals surface area contributed by atoms with Gasteiger partial charge in [-0.2, -0.15) is 13.2 Å². The van der Waals surface area contributed by atoms with Crippen molar-refractivity contribution in [3.8, 4) is 0 Å². The third kappa shape index (κ3) is 5.95. The number of alkyl halides is 3. The summed E-state index contributed by atoms with van der Waals surface area (Å²) < 4.78 is 39.0. The van der Waals surface area contributed by atoms with Gasteiger partial charge >= 0.3 is 6.18 Å². The number of carbonyl (C=O) groups is 2. The maximum Gasteiger partial charge on any atom is 0.418 e. The number of aromatic nitrogens is 1. The van der Waals surface area contributed by atoms with Gasteiger partial charge in [-0.05, 0) is 36.8 Å². The molecule has 0 unspecified atom stereocenters. The van der Waals surface area contributed by atoms with E-state index < -0.39 is 23.6 Å². The van der Waals surface area contributed by atoms with Crippen molar-refractivity contribution in [1.29, 1.82) is 0 Å². The number of rotatable bonds is 6. The molecule has 0 bridgehead atoms. The number of anilines is 1. The van der Waals surface area contributed by atoms with Crippen LogP contribution in [0.5, 0.6) is 0 Å². The first-order valence-corrected chi connectivity index (χ1v) is 8.14. The monoisotopic (exact) mass is 377 g/mol. The molecule has 0 spiro atoms. The highest BCUT2D eigenvalue weighted by molar-refractivity contribution is 5.98. The van der Waals surface area contributed by atoms with Crippen molar-refractivity contribution in [3.05, 3.63) is 66.0 Å². The first-order valence-electron chi connectivity index (χ1n) is 8.14. The van der Waals surface area contributed by atoms with Gasteiger partial charge in [-0.25, -0.2) is 0 Å². The summed E-state index contributed by atoms with van der Waals surface area (Å²) in [4.78, 5) is 29.5. The molecule has 1 heterocycles. The predicted molar refractivity (Wildman–Crippen MR) is 95.6 cm³/mol. The smallest absolute Gasteiger partial charge is 0.330 e. The van der Waals surface area contributed by atoms with Crippen LogP contribution in [0.3, 0.4) is 0 Å². The summed E-state index contributed by atoms with van der Waals surface area (Å²) >= 11 is 0. The van der Waals surface area contributed by atoms with Gasteiger partial charge in [0.15, 0.2) is 0 Å². The molecule has 1 N–H and O–H groups in total. The molecule has 1 aromatic heterocycles. The van der Waals surface area contributed by atoms with E-state index in [4.69, 9.17) is 0 Å². The lowest BCUT2D eigenvalue weighted by atomic mass is 10.1. The molecule has 27 heavy (non-hydrogen) atoms. The van der Waals surface area contributed by atoms with Crippen molar-refractivity contribution in [1.82, 2.24) is 9.88 Å². The molecule has 0 aliphatic heterocycles. The predicted octanol–water partition coefficient (Wildman–Crippen LogP) is 3.60. The molecule has 0 saturated heterocycles. The molecule has 0 aliphatic rings. The number of para-hydroxylation sites is 1. The zero-order chi connectivity index (χ0) is 19.9. The average molecular weight is 377 g/mol. The number of halogens is 3. The van der Waals surface area contributed by atoms with Crippen molar-refractivity contribution in [2.45, 2.75) is 13.1 Å². The molecule has 5 nitrogen and oxygen atoms in total. The van der Waals surface area contributed by atoms with Crippen molar-refractivity contribution in [2.24, 2.45) is 0 Å². The van der Waals surface area contributed by atoms with E-state index in [2.05, 4.69) is 10.3 Å². The van der Waals surface area contributed by atoms with Crippen LogP contribution in [0.1, 0.15) is 18.1 Å². The van der Waals surface area contributed by atoms with E-state index in [0.717, 1.165) is 6.07 Å². The second kappa shape index (κ2) is 8.98. The Morgan fingerprint density at radius 2 is 1.93 bits per heavy atom. The van der Waals surface area contributed by atoms with E-state index in [1.165, 1.54) is 29.2 Å². The standard InChI is InChI=1S/C19H18F3N3O2/c1-2-25(18(27)10-9-14-6-5-11-23-12-14)13-17(26)24-16-8-4-3-7-15(16)19(20,21)22/h3-12H,2,13H2,1H3,(H,24,26)/b10-9+. The third-order valence-electron chi connectivity index (χ3n) is 3.64. The first-order chi connectivity index (χ1) is 12.8. The summed E-state index contributed by atoms with van der Waals surface area (Å²) in [5.74, 6) is -1.14. The quantitative estimate of drug-likeness (QED) is 0.783. The highest BCUT2D eigenvalue weighted by Crippen LogP contribution is 2.34. The fourth-order valence-corrected chi connectivity index (χ4v) is 2.30. The minimum atomic E-state index is -4.59. The molecular weight excluding hydrogens is 359 g/mol. The van der Waals surface area contributed by atoms with Crippen LogP contribution in [0.25, 0.3) is 6.08 Å². The number of pyridine rings is 1. The number of hydrogen-bond acceptors (Lipinski definition) is 3. The second-order valence-electron chi connectivity index (χ2n) is 5.56. The minimum absolute atomic E-state index is 0.227. The molecule has 142 valence electrons. The van der Waals surface area contributed by atoms with Gasteiger partial charge in [-0.1, -0.05) is 18.2 Å². The van der Waals surface area contributed by atoms with Gasteiger partial charge in [-0.3, -0.25) is 14.6 Å². The minimum Gasteiger partial charge on any atom is -0.330 e. The van der Waals surface area contributed by atoms with Crippen LogP contribution in [0.15, 0.2) is 54.9 Å². The Bertz CT molecular complexity index is 820. The zero-order valence-corrected chi connectivity index (χ0v) is 14.5. The van der Waals surface area contributed by atoms with Crippen molar-refractivity contribution in [2.75, 3.05) is 18.4 Å². The van der Waals surface area contributed by atoms with E-state index in [-0.39, 0.29) is 18.8 Å². The molecule has 1 aromatic carbocycles. The number of amides is 2. The van der Waals surface area contributed by atoms with E-state index in [1.54, 1.807) is 37.5 Å². The summed E-state index contributed by atoms with van der Waals surface area (Å²) in [5.41, 5.74) is -0.570. The van der Waals surface area contributed by atoms with Gasteiger partial charge in [-0.15, -0.1) is 0 Å². The van der Waals surface area contributed by atoms with Crippen LogP contribution >= 0.6 is 0 Å². The van der Waals surface area contributed by atoms with E-state index in [0.29, 0.717) is 5.56 Å². The van der Waals surface area contributed by atoms with E-state index in [9.17, 15) is 22.8 Å². The van der Waals surface area contributed by atoms with Crippen molar-refractivity contribution >= 4 is 23.6 Å². The molecule has 0 fully saturated rings. The maximum atomic E-state index is 13.0. The number of benzene rings is 1. The summed E-state index contributed by atoms with van der Waals surface area (Å²) in [5, 5.41) is 2.22. The summed E-state index contributed by atoms with van der Waals surface area (Å²) in [6.07, 6.45) is 1.42. The van der Waals surface area contributed by atoms with Crippen molar-refractivity contribution < 1.29 is 22.8 Å². The Morgan fingerprint density at radius 3 is 2.56 bits per heavy atom. The summed E-state index contributed by atoms with van der Waals surface area (Å²) in [6.45, 7) is 1.54. The Hall–Kier alpha value is -3.16. The van der Waals surface area contributed by atoms with Crippen LogP contribution < -0.4 is 5.32 Å². The number of nitrogens with zero attached hydrogens (tertiary/aromatic N) is 2. The van der Waals surface area contributed by atoms with Crippen LogP contribution in [0.2, 0.25) is 0 Å². The molecule has 0 atom stereocenters. The Kier molecular flexibility index (Phi) is 6.70. The van der Waals surface area contributed by atoms with Gasteiger partial charge in [0, 0.05) is 25.0 Å². The second-order valence-corrected chi connectivity index (χ2v) is 5.56. The fourth-order valence-electron chi connectivity index (χ4n) is 2.30.